The fraction of sp³-hybridized carbons (Fsp3) is 0.500. The number of hydrogen-bond donors (Lipinski definition) is 1. The molecule has 0 saturated heterocycles. The lowest BCUT2D eigenvalue weighted by atomic mass is 9.72. The van der Waals surface area contributed by atoms with Gasteiger partial charge in [-0.2, -0.15) is 8.42 Å². The van der Waals surface area contributed by atoms with Gasteiger partial charge in [0, 0.05) is 0 Å². The molecule has 1 aliphatic rings. The summed E-state index contributed by atoms with van der Waals surface area (Å²) in [5.41, 5.74) is 5.15. The summed E-state index contributed by atoms with van der Waals surface area (Å²) in [6.45, 7) is 10.5. The van der Waals surface area contributed by atoms with Crippen molar-refractivity contribution in [3.63, 3.8) is 0 Å². The van der Waals surface area contributed by atoms with Crippen molar-refractivity contribution in [1.82, 2.24) is 0 Å². The highest BCUT2D eigenvalue weighted by Gasteiger charge is 2.26. The van der Waals surface area contributed by atoms with Crippen molar-refractivity contribution in [2.45, 2.75) is 53.9 Å². The maximum Gasteiger partial charge on any atom is 0.397 e. The molecule has 0 unspecified atom stereocenters. The molecule has 0 aromatic rings. The van der Waals surface area contributed by atoms with Crippen LogP contribution in [0.2, 0.25) is 0 Å². The lowest BCUT2D eigenvalue weighted by molar-refractivity contribution is 0.296. The Morgan fingerprint density at radius 2 is 1.92 bits per heavy atom. The standard InChI is InChI=1S/C20H30O4S/c1-16(8-6-9-17(2)13-15-24-25(21,22)23)11-12-19-18(3)10-7-14-20(19,4)5/h6,8-9,11-13H,7,10,14-15H2,1-5H3,(H,21,22,23). The summed E-state index contributed by atoms with van der Waals surface area (Å²) in [6, 6.07) is 0. The van der Waals surface area contributed by atoms with E-state index in [0.717, 1.165) is 11.1 Å². The van der Waals surface area contributed by atoms with Crippen molar-refractivity contribution < 1.29 is 17.2 Å². The first-order chi connectivity index (χ1) is 11.5. The van der Waals surface area contributed by atoms with E-state index < -0.39 is 10.4 Å². The van der Waals surface area contributed by atoms with Crippen molar-refractivity contribution >= 4 is 10.4 Å². The van der Waals surface area contributed by atoms with Crippen LogP contribution in [0.1, 0.15) is 53.9 Å². The Kier molecular flexibility index (Phi) is 8.06. The molecule has 140 valence electrons. The van der Waals surface area contributed by atoms with Crippen molar-refractivity contribution in [2.75, 3.05) is 6.61 Å². The van der Waals surface area contributed by atoms with Crippen molar-refractivity contribution in [3.8, 4) is 0 Å². The van der Waals surface area contributed by atoms with Gasteiger partial charge in [-0.25, -0.2) is 4.18 Å². The predicted octanol–water partition coefficient (Wildman–Crippen LogP) is 5.34. The van der Waals surface area contributed by atoms with Crippen LogP contribution in [0.4, 0.5) is 0 Å². The van der Waals surface area contributed by atoms with Crippen LogP contribution in [0.3, 0.4) is 0 Å². The summed E-state index contributed by atoms with van der Waals surface area (Å²) in [4.78, 5) is 0. The van der Waals surface area contributed by atoms with Gasteiger partial charge in [-0.05, 0) is 51.0 Å². The lowest BCUT2D eigenvalue weighted by Crippen LogP contribution is -2.19. The van der Waals surface area contributed by atoms with Gasteiger partial charge in [-0.1, -0.05) is 67.0 Å². The van der Waals surface area contributed by atoms with E-state index in [0.29, 0.717) is 0 Å². The third kappa shape index (κ3) is 8.47. The van der Waals surface area contributed by atoms with Gasteiger partial charge >= 0.3 is 10.4 Å². The Balaban J connectivity index is 2.68. The molecule has 0 fully saturated rings. The lowest BCUT2D eigenvalue weighted by Gasteiger charge is -2.32. The van der Waals surface area contributed by atoms with E-state index in [4.69, 9.17) is 4.55 Å². The summed E-state index contributed by atoms with van der Waals surface area (Å²) >= 11 is 0. The number of rotatable bonds is 7. The summed E-state index contributed by atoms with van der Waals surface area (Å²) in [6.07, 6.45) is 15.4. The predicted molar refractivity (Wildman–Crippen MR) is 104 cm³/mol. The van der Waals surface area contributed by atoms with Gasteiger partial charge < -0.3 is 0 Å². The van der Waals surface area contributed by atoms with E-state index in [1.807, 2.05) is 32.1 Å². The van der Waals surface area contributed by atoms with Gasteiger partial charge in [-0.3, -0.25) is 4.55 Å². The molecule has 0 spiro atoms. The number of hydrogen-bond acceptors (Lipinski definition) is 3. The topological polar surface area (TPSA) is 63.6 Å². The summed E-state index contributed by atoms with van der Waals surface area (Å²) in [5.74, 6) is 0. The zero-order valence-electron chi connectivity index (χ0n) is 15.9. The Labute approximate surface area is 152 Å². The van der Waals surface area contributed by atoms with Crippen LogP contribution in [0.5, 0.6) is 0 Å². The number of allylic oxidation sites excluding steroid dienone is 9. The third-order valence-electron chi connectivity index (χ3n) is 4.40. The van der Waals surface area contributed by atoms with Gasteiger partial charge in [0.1, 0.15) is 0 Å². The van der Waals surface area contributed by atoms with Crippen molar-refractivity contribution in [2.24, 2.45) is 5.41 Å². The molecule has 0 aliphatic heterocycles. The summed E-state index contributed by atoms with van der Waals surface area (Å²) in [5, 5.41) is 0. The Bertz CT molecular complexity index is 717. The SMILES string of the molecule is CC(C=CC1=C(C)CCCC1(C)C)=CC=CC(C)=CCOS(=O)(=O)O. The second-order valence-electron chi connectivity index (χ2n) is 7.19. The van der Waals surface area contributed by atoms with Gasteiger partial charge in [0.15, 0.2) is 0 Å². The van der Waals surface area contributed by atoms with Crippen LogP contribution in [0.25, 0.3) is 0 Å². The maximum atomic E-state index is 10.5. The van der Waals surface area contributed by atoms with Crippen LogP contribution < -0.4 is 0 Å². The van der Waals surface area contributed by atoms with Crippen LogP contribution in [0, 0.1) is 5.41 Å². The van der Waals surface area contributed by atoms with Crippen molar-refractivity contribution in [3.05, 3.63) is 58.7 Å². The van der Waals surface area contributed by atoms with Gasteiger partial charge in [0.25, 0.3) is 0 Å². The van der Waals surface area contributed by atoms with Crippen LogP contribution >= 0.6 is 0 Å². The zero-order chi connectivity index (χ0) is 19.1. The molecule has 0 saturated carbocycles. The fourth-order valence-electron chi connectivity index (χ4n) is 2.95. The smallest absolute Gasteiger partial charge is 0.264 e. The van der Waals surface area contributed by atoms with E-state index in [2.05, 4.69) is 37.1 Å². The second kappa shape index (κ2) is 9.32. The molecule has 4 nitrogen and oxygen atoms in total. The molecule has 1 N–H and O–H groups in total. The highest BCUT2D eigenvalue weighted by molar-refractivity contribution is 7.80. The molecule has 0 radical (unpaired) electrons. The molecule has 1 rings (SSSR count). The van der Waals surface area contributed by atoms with Crippen molar-refractivity contribution in [1.29, 1.82) is 0 Å². The molecule has 0 aromatic carbocycles. The third-order valence-corrected chi connectivity index (χ3v) is 4.83. The largest absolute Gasteiger partial charge is 0.397 e. The average molecular weight is 367 g/mol. The highest BCUT2D eigenvalue weighted by atomic mass is 32.3. The zero-order valence-corrected chi connectivity index (χ0v) is 16.7. The normalized spacial score (nSPS) is 20.1. The van der Waals surface area contributed by atoms with E-state index in [1.54, 1.807) is 6.08 Å². The van der Waals surface area contributed by atoms with Crippen LogP contribution in [0.15, 0.2) is 58.7 Å². The Hall–Kier alpha value is -1.43. The monoisotopic (exact) mass is 366 g/mol. The molecule has 5 heteroatoms. The van der Waals surface area contributed by atoms with Gasteiger partial charge in [-0.15, -0.1) is 0 Å². The fourth-order valence-corrected chi connectivity index (χ4v) is 3.19. The summed E-state index contributed by atoms with van der Waals surface area (Å²) in [7, 11) is -4.38. The molecule has 25 heavy (non-hydrogen) atoms. The molecule has 1 aliphatic carbocycles. The minimum Gasteiger partial charge on any atom is -0.264 e. The Morgan fingerprint density at radius 3 is 2.52 bits per heavy atom. The summed E-state index contributed by atoms with van der Waals surface area (Å²) < 4.78 is 33.6. The van der Waals surface area contributed by atoms with E-state index in [-0.39, 0.29) is 12.0 Å². The molecule has 0 amide bonds. The average Bonchev–Trinajstić information content (AvgIpc) is 2.44. The highest BCUT2D eigenvalue weighted by Crippen LogP contribution is 2.40. The molecular weight excluding hydrogens is 336 g/mol. The quantitative estimate of drug-likeness (QED) is 0.488. The molecule has 0 atom stereocenters. The van der Waals surface area contributed by atoms with Gasteiger partial charge in [0.05, 0.1) is 6.61 Å². The molecule has 0 bridgehead atoms. The first kappa shape index (κ1) is 21.6. The molecule has 0 aromatic heterocycles. The first-order valence-corrected chi connectivity index (χ1v) is 9.90. The van der Waals surface area contributed by atoms with E-state index >= 15 is 0 Å². The van der Waals surface area contributed by atoms with E-state index in [9.17, 15) is 8.42 Å². The Morgan fingerprint density at radius 1 is 1.24 bits per heavy atom. The van der Waals surface area contributed by atoms with Crippen LogP contribution in [-0.4, -0.2) is 19.6 Å². The van der Waals surface area contributed by atoms with Gasteiger partial charge in [0.2, 0.25) is 0 Å². The minimum atomic E-state index is -4.38. The maximum absolute atomic E-state index is 10.5. The second-order valence-corrected chi connectivity index (χ2v) is 8.29. The van der Waals surface area contributed by atoms with E-state index in [1.165, 1.54) is 30.4 Å². The minimum absolute atomic E-state index is 0.180. The van der Waals surface area contributed by atoms with Crippen LogP contribution in [-0.2, 0) is 14.6 Å². The molecule has 0 heterocycles. The molecular formula is C20H30O4S. The first-order valence-electron chi connectivity index (χ1n) is 8.53.